The van der Waals surface area contributed by atoms with Gasteiger partial charge in [-0.1, -0.05) is 43.6 Å². The molecule has 162 valence electrons. The van der Waals surface area contributed by atoms with Crippen molar-refractivity contribution < 1.29 is 9.90 Å². The van der Waals surface area contributed by atoms with Crippen LogP contribution in [0.4, 0.5) is 17.2 Å². The number of nitrogens with one attached hydrogen (secondary N) is 3. The fourth-order valence-electron chi connectivity index (χ4n) is 3.16. The van der Waals surface area contributed by atoms with Crippen LogP contribution in [0.2, 0.25) is 5.02 Å². The van der Waals surface area contributed by atoms with Gasteiger partial charge in [0.2, 0.25) is 0 Å². The van der Waals surface area contributed by atoms with Crippen LogP contribution in [-0.4, -0.2) is 22.2 Å². The quantitative estimate of drug-likeness (QED) is 0.359. The van der Waals surface area contributed by atoms with Crippen LogP contribution in [0.25, 0.3) is 0 Å². The number of halogens is 1. The summed E-state index contributed by atoms with van der Waals surface area (Å²) in [5.41, 5.74) is 4.08. The number of benzene rings is 2. The van der Waals surface area contributed by atoms with Crippen molar-refractivity contribution in [2.24, 2.45) is 0 Å². The first-order valence-electron chi connectivity index (χ1n) is 10.2. The highest BCUT2D eigenvalue weighted by Gasteiger charge is 2.16. The average molecular weight is 439 g/mol. The highest BCUT2D eigenvalue weighted by atomic mass is 35.5. The predicted octanol–water partition coefficient (Wildman–Crippen LogP) is 5.28. The SMILES string of the molecule is CC(O)Nc1ccc(CNC(=O)c2cnc(Nc3cccc(Cl)c3)cc2C(C)C)cc1. The van der Waals surface area contributed by atoms with Gasteiger partial charge in [-0.2, -0.15) is 0 Å². The van der Waals surface area contributed by atoms with E-state index >= 15 is 0 Å². The van der Waals surface area contributed by atoms with E-state index in [0.717, 1.165) is 22.5 Å². The van der Waals surface area contributed by atoms with Crippen LogP contribution >= 0.6 is 11.6 Å². The zero-order valence-electron chi connectivity index (χ0n) is 17.8. The highest BCUT2D eigenvalue weighted by Crippen LogP contribution is 2.25. The monoisotopic (exact) mass is 438 g/mol. The van der Waals surface area contributed by atoms with Crippen LogP contribution < -0.4 is 16.0 Å². The summed E-state index contributed by atoms with van der Waals surface area (Å²) in [4.78, 5) is 17.3. The Labute approximate surface area is 187 Å². The number of anilines is 3. The zero-order valence-corrected chi connectivity index (χ0v) is 18.6. The number of carbonyl (C=O) groups excluding carboxylic acids is 1. The standard InChI is InChI=1S/C24H27ClN4O2/c1-15(2)21-12-23(29-20-6-4-5-18(25)11-20)26-14-22(21)24(31)27-13-17-7-9-19(10-8-17)28-16(3)30/h4-12,14-16,28,30H,13H2,1-3H3,(H,26,29)(H,27,31). The van der Waals surface area contributed by atoms with Crippen molar-refractivity contribution >= 4 is 34.7 Å². The number of hydrogen-bond acceptors (Lipinski definition) is 5. The Balaban J connectivity index is 1.69. The number of hydrogen-bond donors (Lipinski definition) is 4. The molecule has 6 nitrogen and oxygen atoms in total. The fraction of sp³-hybridized carbons (Fsp3) is 0.250. The summed E-state index contributed by atoms with van der Waals surface area (Å²) in [5, 5.41) is 19.1. The van der Waals surface area contributed by atoms with E-state index in [2.05, 4.69) is 20.9 Å². The molecule has 0 saturated carbocycles. The number of amides is 1. The van der Waals surface area contributed by atoms with Gasteiger partial charge in [-0.15, -0.1) is 0 Å². The fourth-order valence-corrected chi connectivity index (χ4v) is 3.35. The van der Waals surface area contributed by atoms with Crippen molar-refractivity contribution in [1.82, 2.24) is 10.3 Å². The molecule has 0 fully saturated rings. The van der Waals surface area contributed by atoms with Gasteiger partial charge in [0, 0.05) is 29.1 Å². The molecule has 0 radical (unpaired) electrons. The molecule has 2 aromatic carbocycles. The molecule has 3 aromatic rings. The molecule has 0 bridgehead atoms. The van der Waals surface area contributed by atoms with Gasteiger partial charge in [-0.05, 0) is 60.4 Å². The lowest BCUT2D eigenvalue weighted by atomic mass is 9.98. The molecule has 0 saturated heterocycles. The number of aromatic nitrogens is 1. The molecular weight excluding hydrogens is 412 g/mol. The molecule has 31 heavy (non-hydrogen) atoms. The Hall–Kier alpha value is -3.09. The van der Waals surface area contributed by atoms with E-state index in [0.29, 0.717) is 22.9 Å². The molecule has 3 rings (SSSR count). The van der Waals surface area contributed by atoms with Gasteiger partial charge < -0.3 is 21.1 Å². The van der Waals surface area contributed by atoms with Crippen LogP contribution in [0.1, 0.15) is 48.2 Å². The summed E-state index contributed by atoms with van der Waals surface area (Å²) in [6, 6.07) is 16.8. The van der Waals surface area contributed by atoms with E-state index in [4.69, 9.17) is 11.6 Å². The Bertz CT molecular complexity index is 1040. The van der Waals surface area contributed by atoms with Crippen LogP contribution in [0.3, 0.4) is 0 Å². The van der Waals surface area contributed by atoms with Crippen LogP contribution in [-0.2, 0) is 6.54 Å². The van der Waals surface area contributed by atoms with Gasteiger partial charge in [-0.3, -0.25) is 4.79 Å². The van der Waals surface area contributed by atoms with Crippen molar-refractivity contribution in [3.05, 3.63) is 82.5 Å². The molecule has 1 atom stereocenters. The van der Waals surface area contributed by atoms with Gasteiger partial charge in [0.05, 0.1) is 5.56 Å². The second-order valence-electron chi connectivity index (χ2n) is 7.65. The Morgan fingerprint density at radius 2 is 1.81 bits per heavy atom. The normalized spacial score (nSPS) is 11.8. The van der Waals surface area contributed by atoms with E-state index in [9.17, 15) is 9.90 Å². The lowest BCUT2D eigenvalue weighted by molar-refractivity contribution is 0.0949. The Morgan fingerprint density at radius 1 is 1.06 bits per heavy atom. The Morgan fingerprint density at radius 3 is 2.45 bits per heavy atom. The molecule has 0 aliphatic carbocycles. The van der Waals surface area contributed by atoms with Gasteiger partial charge in [0.25, 0.3) is 5.91 Å². The van der Waals surface area contributed by atoms with Crippen molar-refractivity contribution in [2.75, 3.05) is 10.6 Å². The summed E-state index contributed by atoms with van der Waals surface area (Å²) in [6.45, 7) is 6.14. The van der Waals surface area contributed by atoms with Crippen molar-refractivity contribution in [1.29, 1.82) is 0 Å². The van der Waals surface area contributed by atoms with Crippen LogP contribution in [0.15, 0.2) is 60.8 Å². The number of rotatable bonds is 8. The second kappa shape index (κ2) is 10.3. The summed E-state index contributed by atoms with van der Waals surface area (Å²) >= 11 is 6.05. The van der Waals surface area contributed by atoms with E-state index in [1.165, 1.54) is 0 Å². The van der Waals surface area contributed by atoms with Crippen molar-refractivity contribution in [3.63, 3.8) is 0 Å². The van der Waals surface area contributed by atoms with Crippen LogP contribution in [0.5, 0.6) is 0 Å². The molecule has 1 amide bonds. The minimum absolute atomic E-state index is 0.148. The molecule has 7 heteroatoms. The molecular formula is C24H27ClN4O2. The van der Waals surface area contributed by atoms with Gasteiger partial charge in [0.1, 0.15) is 12.0 Å². The molecule has 0 aliphatic rings. The maximum atomic E-state index is 12.8. The summed E-state index contributed by atoms with van der Waals surface area (Å²) in [7, 11) is 0. The van der Waals surface area contributed by atoms with Crippen molar-refractivity contribution in [2.45, 2.75) is 39.5 Å². The number of nitrogens with zero attached hydrogens (tertiary/aromatic N) is 1. The van der Waals surface area contributed by atoms with Gasteiger partial charge in [-0.25, -0.2) is 4.98 Å². The number of aliphatic hydroxyl groups excluding tert-OH is 1. The first-order valence-corrected chi connectivity index (χ1v) is 10.5. The zero-order chi connectivity index (χ0) is 22.4. The first kappa shape index (κ1) is 22.6. The summed E-state index contributed by atoms with van der Waals surface area (Å²) in [5.74, 6) is 0.634. The maximum Gasteiger partial charge on any atom is 0.253 e. The molecule has 0 aliphatic heterocycles. The predicted molar refractivity (Wildman–Crippen MR) is 126 cm³/mol. The lowest BCUT2D eigenvalue weighted by Gasteiger charge is -2.15. The summed E-state index contributed by atoms with van der Waals surface area (Å²) in [6.07, 6.45) is 0.983. The van der Waals surface area contributed by atoms with E-state index < -0.39 is 6.23 Å². The largest absolute Gasteiger partial charge is 0.374 e. The highest BCUT2D eigenvalue weighted by molar-refractivity contribution is 6.30. The summed E-state index contributed by atoms with van der Waals surface area (Å²) < 4.78 is 0. The topological polar surface area (TPSA) is 86.3 Å². The van der Waals surface area contributed by atoms with Gasteiger partial charge in [0.15, 0.2) is 0 Å². The van der Waals surface area contributed by atoms with E-state index in [1.807, 2.05) is 68.4 Å². The van der Waals surface area contributed by atoms with Crippen LogP contribution in [0, 0.1) is 0 Å². The van der Waals surface area contributed by atoms with Crippen molar-refractivity contribution in [3.8, 4) is 0 Å². The minimum Gasteiger partial charge on any atom is -0.374 e. The molecule has 1 heterocycles. The maximum absolute atomic E-state index is 12.8. The molecule has 1 unspecified atom stereocenters. The third kappa shape index (κ3) is 6.44. The minimum atomic E-state index is -0.621. The average Bonchev–Trinajstić information content (AvgIpc) is 2.72. The molecule has 1 aromatic heterocycles. The Kier molecular flexibility index (Phi) is 7.50. The third-order valence-electron chi connectivity index (χ3n) is 4.68. The smallest absolute Gasteiger partial charge is 0.253 e. The number of carbonyl (C=O) groups is 1. The molecule has 4 N–H and O–H groups in total. The number of pyridine rings is 1. The lowest BCUT2D eigenvalue weighted by Crippen LogP contribution is -2.24. The molecule has 0 spiro atoms. The van der Waals surface area contributed by atoms with E-state index in [1.54, 1.807) is 13.1 Å². The van der Waals surface area contributed by atoms with Gasteiger partial charge >= 0.3 is 0 Å². The van der Waals surface area contributed by atoms with E-state index in [-0.39, 0.29) is 11.8 Å². The first-order chi connectivity index (χ1) is 14.8. The second-order valence-corrected chi connectivity index (χ2v) is 8.08. The third-order valence-corrected chi connectivity index (χ3v) is 4.92. The number of aliphatic hydroxyl groups is 1.